The van der Waals surface area contributed by atoms with Crippen LogP contribution in [0.2, 0.25) is 0 Å². The Morgan fingerprint density at radius 3 is 2.70 bits per heavy atom. The number of hydrogen-bond acceptors (Lipinski definition) is 5. The zero-order valence-corrected chi connectivity index (χ0v) is 16.9. The average Bonchev–Trinajstić information content (AvgIpc) is 2.91. The second-order valence-electron chi connectivity index (χ2n) is 7.98. The molecule has 2 N–H and O–H groups in total. The lowest BCUT2D eigenvalue weighted by Gasteiger charge is -2.38. The number of ether oxygens (including phenoxy) is 2. The number of carbonyl (C=O) groups is 2. The molecule has 0 spiro atoms. The maximum absolute atomic E-state index is 13.1. The third-order valence-electron chi connectivity index (χ3n) is 5.84. The molecule has 4 rings (SSSR count). The number of carbonyl (C=O) groups excluding carboxylic acids is 2. The monoisotopic (exact) mass is 410 g/mol. The van der Waals surface area contributed by atoms with Crippen LogP contribution in [0.5, 0.6) is 5.75 Å². The van der Waals surface area contributed by atoms with Gasteiger partial charge >= 0.3 is 0 Å². The van der Waals surface area contributed by atoms with E-state index < -0.39 is 5.91 Å². The predicted octanol–water partition coefficient (Wildman–Crippen LogP) is 2.91. The minimum absolute atomic E-state index is 0.0331. The number of fused-ring (bicyclic) bond motifs is 1. The van der Waals surface area contributed by atoms with E-state index in [0.29, 0.717) is 31.1 Å². The molecule has 0 radical (unpaired) electrons. The third kappa shape index (κ3) is 4.32. The van der Waals surface area contributed by atoms with Gasteiger partial charge in [0.25, 0.3) is 5.91 Å². The first-order chi connectivity index (χ1) is 14.5. The van der Waals surface area contributed by atoms with Crippen molar-refractivity contribution in [2.45, 2.75) is 45.1 Å². The number of hydroxylamine groups is 1. The zero-order valence-electron chi connectivity index (χ0n) is 16.9. The van der Waals surface area contributed by atoms with Crippen LogP contribution in [-0.2, 0) is 22.7 Å². The van der Waals surface area contributed by atoms with Crippen molar-refractivity contribution in [3.63, 3.8) is 0 Å². The molecule has 0 saturated heterocycles. The topological polar surface area (TPSA) is 88.1 Å². The fourth-order valence-corrected chi connectivity index (χ4v) is 3.89. The van der Waals surface area contributed by atoms with Gasteiger partial charge in [0.15, 0.2) is 0 Å². The van der Waals surface area contributed by atoms with E-state index >= 15 is 0 Å². The van der Waals surface area contributed by atoms with Crippen LogP contribution < -0.4 is 10.2 Å². The van der Waals surface area contributed by atoms with E-state index in [1.54, 1.807) is 23.7 Å². The Bertz CT molecular complexity index is 911. The van der Waals surface area contributed by atoms with E-state index in [0.717, 1.165) is 24.0 Å². The van der Waals surface area contributed by atoms with Gasteiger partial charge in [0.05, 0.1) is 18.8 Å². The highest BCUT2D eigenvalue weighted by Crippen LogP contribution is 2.35. The lowest BCUT2D eigenvalue weighted by Crippen LogP contribution is -2.48. The van der Waals surface area contributed by atoms with Crippen LogP contribution in [0.3, 0.4) is 0 Å². The number of amides is 2. The maximum Gasteiger partial charge on any atom is 0.274 e. The van der Waals surface area contributed by atoms with E-state index in [9.17, 15) is 9.59 Å². The highest BCUT2D eigenvalue weighted by Gasteiger charge is 2.39. The molecule has 1 fully saturated rings. The molecule has 0 unspecified atom stereocenters. The molecule has 2 amide bonds. The summed E-state index contributed by atoms with van der Waals surface area (Å²) in [5, 5.41) is 8.82. The number of nitrogens with one attached hydrogen (secondary N) is 1. The van der Waals surface area contributed by atoms with Gasteiger partial charge in [-0.15, -0.1) is 0 Å². The quantitative estimate of drug-likeness (QED) is 0.585. The van der Waals surface area contributed by atoms with E-state index in [-0.39, 0.29) is 24.0 Å². The summed E-state index contributed by atoms with van der Waals surface area (Å²) in [6.45, 7) is 3.32. The normalized spacial score (nSPS) is 22.9. The summed E-state index contributed by atoms with van der Waals surface area (Å²) in [7, 11) is 0. The summed E-state index contributed by atoms with van der Waals surface area (Å²) in [5.41, 5.74) is 3.91. The van der Waals surface area contributed by atoms with Crippen LogP contribution in [0.15, 0.2) is 48.5 Å². The largest absolute Gasteiger partial charge is 0.491 e. The van der Waals surface area contributed by atoms with Gasteiger partial charge in [-0.3, -0.25) is 14.8 Å². The second-order valence-corrected chi connectivity index (χ2v) is 7.98. The molecule has 2 aromatic carbocycles. The van der Waals surface area contributed by atoms with Crippen LogP contribution in [0.25, 0.3) is 0 Å². The first-order valence-electron chi connectivity index (χ1n) is 10.2. The molecule has 1 saturated carbocycles. The third-order valence-corrected chi connectivity index (χ3v) is 5.84. The zero-order chi connectivity index (χ0) is 21.1. The van der Waals surface area contributed by atoms with Crippen molar-refractivity contribution in [3.8, 4) is 5.75 Å². The lowest BCUT2D eigenvalue weighted by molar-refractivity contribution is -0.148. The van der Waals surface area contributed by atoms with Gasteiger partial charge in [-0.1, -0.05) is 36.4 Å². The molecule has 1 aliphatic heterocycles. The molecule has 1 heterocycles. The summed E-state index contributed by atoms with van der Waals surface area (Å²) >= 11 is 0. The standard InChI is InChI=1S/C23H26N2O5/c1-15-13-30-21-11-17(22(26)24-28)7-8-18(21)12-25(15)23(27)19-9-20(10-19)29-14-16-5-3-2-4-6-16/h2-8,11,15,19-20,28H,9-10,12-14H2,1H3,(H,24,26)/t15-,19?,20?/m0/s1. The molecule has 0 bridgehead atoms. The highest BCUT2D eigenvalue weighted by atomic mass is 16.5. The number of nitrogens with zero attached hydrogens (tertiary/aromatic N) is 1. The molecule has 2 aromatic rings. The van der Waals surface area contributed by atoms with Crippen LogP contribution in [0.4, 0.5) is 0 Å². The maximum atomic E-state index is 13.1. The van der Waals surface area contributed by atoms with E-state index in [1.165, 1.54) is 0 Å². The van der Waals surface area contributed by atoms with Crippen molar-refractivity contribution in [3.05, 3.63) is 65.2 Å². The Hall–Kier alpha value is -2.90. The van der Waals surface area contributed by atoms with Crippen LogP contribution in [0.1, 0.15) is 41.3 Å². The summed E-state index contributed by atoms with van der Waals surface area (Å²) in [5.74, 6) is 0.0588. The molecular weight excluding hydrogens is 384 g/mol. The average molecular weight is 410 g/mol. The molecule has 7 heteroatoms. The number of rotatable bonds is 5. The van der Waals surface area contributed by atoms with E-state index in [2.05, 4.69) is 0 Å². The van der Waals surface area contributed by atoms with Gasteiger partial charge in [0, 0.05) is 23.6 Å². The molecule has 0 aromatic heterocycles. The van der Waals surface area contributed by atoms with Gasteiger partial charge in [-0.25, -0.2) is 5.48 Å². The highest BCUT2D eigenvalue weighted by molar-refractivity contribution is 5.93. The van der Waals surface area contributed by atoms with Crippen molar-refractivity contribution in [1.82, 2.24) is 10.4 Å². The van der Waals surface area contributed by atoms with E-state index in [1.807, 2.05) is 42.2 Å². The summed E-state index contributed by atoms with van der Waals surface area (Å²) in [4.78, 5) is 26.6. The van der Waals surface area contributed by atoms with Crippen LogP contribution in [-0.4, -0.2) is 40.7 Å². The Kier molecular flexibility index (Phi) is 6.01. The van der Waals surface area contributed by atoms with Crippen molar-refractivity contribution in [1.29, 1.82) is 0 Å². The molecular formula is C23H26N2O5. The van der Waals surface area contributed by atoms with Crippen molar-refractivity contribution in [2.75, 3.05) is 6.61 Å². The fourth-order valence-electron chi connectivity index (χ4n) is 3.89. The Morgan fingerprint density at radius 1 is 1.20 bits per heavy atom. The SMILES string of the molecule is C[C@H]1COc2cc(C(=O)NO)ccc2CN1C(=O)C1CC(OCc2ccccc2)C1. The van der Waals surface area contributed by atoms with Gasteiger partial charge in [-0.05, 0) is 37.5 Å². The number of hydrogen-bond donors (Lipinski definition) is 2. The van der Waals surface area contributed by atoms with Gasteiger partial charge < -0.3 is 14.4 Å². The smallest absolute Gasteiger partial charge is 0.274 e. The Morgan fingerprint density at radius 2 is 1.97 bits per heavy atom. The van der Waals surface area contributed by atoms with Crippen molar-refractivity contribution < 1.29 is 24.3 Å². The summed E-state index contributed by atoms with van der Waals surface area (Å²) < 4.78 is 11.8. The second kappa shape index (κ2) is 8.85. The fraction of sp³-hybridized carbons (Fsp3) is 0.391. The van der Waals surface area contributed by atoms with Crippen molar-refractivity contribution >= 4 is 11.8 Å². The van der Waals surface area contributed by atoms with Gasteiger partial charge in [0.2, 0.25) is 5.91 Å². The summed E-state index contributed by atoms with van der Waals surface area (Å²) in [6, 6.07) is 14.9. The minimum atomic E-state index is -0.595. The summed E-state index contributed by atoms with van der Waals surface area (Å²) in [6.07, 6.45) is 1.58. The molecule has 2 aliphatic rings. The minimum Gasteiger partial charge on any atom is -0.491 e. The molecule has 1 aliphatic carbocycles. The van der Waals surface area contributed by atoms with Gasteiger partial charge in [-0.2, -0.15) is 0 Å². The molecule has 1 atom stereocenters. The molecule has 158 valence electrons. The molecule has 7 nitrogen and oxygen atoms in total. The van der Waals surface area contributed by atoms with E-state index in [4.69, 9.17) is 14.7 Å². The lowest BCUT2D eigenvalue weighted by atomic mass is 9.81. The number of benzene rings is 2. The molecule has 30 heavy (non-hydrogen) atoms. The Labute approximate surface area is 175 Å². The van der Waals surface area contributed by atoms with Crippen LogP contribution >= 0.6 is 0 Å². The first kappa shape index (κ1) is 20.4. The van der Waals surface area contributed by atoms with Gasteiger partial charge in [0.1, 0.15) is 12.4 Å². The first-order valence-corrected chi connectivity index (χ1v) is 10.2. The Balaban J connectivity index is 1.35. The predicted molar refractivity (Wildman–Crippen MR) is 109 cm³/mol. The van der Waals surface area contributed by atoms with Crippen molar-refractivity contribution in [2.24, 2.45) is 5.92 Å². The van der Waals surface area contributed by atoms with Crippen LogP contribution in [0, 0.1) is 5.92 Å².